The summed E-state index contributed by atoms with van der Waals surface area (Å²) >= 11 is 0. The largest absolute Gasteiger partial charge is 0.300 e. The molecule has 0 aromatic rings. The van der Waals surface area contributed by atoms with E-state index >= 15 is 0 Å². The maximum absolute atomic E-state index is 12.1. The van der Waals surface area contributed by atoms with Crippen molar-refractivity contribution in [2.75, 3.05) is 0 Å². The number of carbonyl (C=O) groups is 2. The van der Waals surface area contributed by atoms with E-state index in [1.54, 1.807) is 0 Å². The van der Waals surface area contributed by atoms with E-state index in [2.05, 4.69) is 0 Å². The Kier molecular flexibility index (Phi) is 2.94. The first kappa shape index (κ1) is 10.8. The quantitative estimate of drug-likeness (QED) is 0.613. The highest BCUT2D eigenvalue weighted by Gasteiger charge is 2.47. The molecule has 2 nitrogen and oxygen atoms in total. The summed E-state index contributed by atoms with van der Waals surface area (Å²) in [5.41, 5.74) is -0.304. The normalized spacial score (nSPS) is 38.1. The van der Waals surface area contributed by atoms with Gasteiger partial charge in [-0.05, 0) is 18.8 Å². The van der Waals surface area contributed by atoms with E-state index in [0.29, 0.717) is 36.7 Å². The highest BCUT2D eigenvalue weighted by atomic mass is 16.1. The molecule has 2 fully saturated rings. The Morgan fingerprint density at radius 2 is 1.87 bits per heavy atom. The third kappa shape index (κ3) is 1.99. The summed E-state index contributed by atoms with van der Waals surface area (Å²) in [6.07, 6.45) is 7.57. The number of hydrogen-bond donors (Lipinski definition) is 0. The second kappa shape index (κ2) is 4.07. The van der Waals surface area contributed by atoms with Crippen LogP contribution in [-0.2, 0) is 9.59 Å². The van der Waals surface area contributed by atoms with Crippen LogP contribution in [0.4, 0.5) is 0 Å². The summed E-state index contributed by atoms with van der Waals surface area (Å²) in [4.78, 5) is 23.6. The minimum Gasteiger partial charge on any atom is -0.300 e. The van der Waals surface area contributed by atoms with Crippen molar-refractivity contribution >= 4 is 11.6 Å². The van der Waals surface area contributed by atoms with Gasteiger partial charge in [0.15, 0.2) is 0 Å². The van der Waals surface area contributed by atoms with Crippen LogP contribution in [0, 0.1) is 11.3 Å². The lowest BCUT2D eigenvalue weighted by molar-refractivity contribution is -0.131. The van der Waals surface area contributed by atoms with E-state index < -0.39 is 0 Å². The average Bonchev–Trinajstić information content (AvgIpc) is 2.49. The molecule has 2 rings (SSSR count). The summed E-state index contributed by atoms with van der Waals surface area (Å²) in [5, 5.41) is 0. The van der Waals surface area contributed by atoms with Crippen LogP contribution in [0.15, 0.2) is 0 Å². The first-order valence-corrected chi connectivity index (χ1v) is 6.18. The molecule has 2 aliphatic rings. The van der Waals surface area contributed by atoms with Gasteiger partial charge in [0.05, 0.1) is 0 Å². The van der Waals surface area contributed by atoms with E-state index in [-0.39, 0.29) is 5.41 Å². The first-order valence-electron chi connectivity index (χ1n) is 6.18. The van der Waals surface area contributed by atoms with Gasteiger partial charge in [0.2, 0.25) is 0 Å². The van der Waals surface area contributed by atoms with Crippen molar-refractivity contribution in [3.8, 4) is 0 Å². The molecule has 15 heavy (non-hydrogen) atoms. The molecule has 2 saturated carbocycles. The molecule has 2 aliphatic carbocycles. The van der Waals surface area contributed by atoms with Crippen LogP contribution in [0.1, 0.15) is 58.3 Å². The van der Waals surface area contributed by atoms with Crippen molar-refractivity contribution in [1.29, 1.82) is 0 Å². The molecule has 0 saturated heterocycles. The highest BCUT2D eigenvalue weighted by molar-refractivity contribution is 5.94. The Labute approximate surface area is 91.4 Å². The second-order valence-corrected chi connectivity index (χ2v) is 5.41. The minimum absolute atomic E-state index is 0.302. The fraction of sp³-hybridized carbons (Fsp3) is 0.846. The average molecular weight is 208 g/mol. The van der Waals surface area contributed by atoms with Crippen molar-refractivity contribution in [1.82, 2.24) is 0 Å². The lowest BCUT2D eigenvalue weighted by Gasteiger charge is -2.28. The maximum atomic E-state index is 12.1. The summed E-state index contributed by atoms with van der Waals surface area (Å²) in [6.45, 7) is 2.02. The van der Waals surface area contributed by atoms with Crippen LogP contribution in [-0.4, -0.2) is 11.6 Å². The third-order valence-electron chi connectivity index (χ3n) is 4.28. The van der Waals surface area contributed by atoms with Crippen molar-refractivity contribution in [3.63, 3.8) is 0 Å². The number of rotatable bonds is 0. The van der Waals surface area contributed by atoms with Gasteiger partial charge in [0.25, 0.3) is 0 Å². The predicted octanol–water partition coefficient (Wildman–Crippen LogP) is 2.90. The van der Waals surface area contributed by atoms with E-state index in [1.165, 1.54) is 19.3 Å². The molecule has 0 heterocycles. The van der Waals surface area contributed by atoms with Gasteiger partial charge in [-0.2, -0.15) is 0 Å². The van der Waals surface area contributed by atoms with Crippen LogP contribution < -0.4 is 0 Å². The van der Waals surface area contributed by atoms with Crippen molar-refractivity contribution < 1.29 is 9.59 Å². The van der Waals surface area contributed by atoms with Gasteiger partial charge in [0, 0.05) is 24.7 Å². The highest BCUT2D eigenvalue weighted by Crippen LogP contribution is 2.46. The summed E-state index contributed by atoms with van der Waals surface area (Å²) in [5.74, 6) is 0.993. The zero-order chi connectivity index (χ0) is 10.9. The molecule has 0 aliphatic heterocycles. The monoisotopic (exact) mass is 208 g/mol. The molecule has 0 aromatic carbocycles. The zero-order valence-electron chi connectivity index (χ0n) is 9.55. The standard InChI is InChI=1S/C13H20O2/c1-13-9-11(14)8-10(13)6-4-2-3-5-7-12(13)15/h10H,2-9H2,1H3/t10-,13+/m1/s1. The summed E-state index contributed by atoms with van der Waals surface area (Å²) in [7, 11) is 0. The second-order valence-electron chi connectivity index (χ2n) is 5.41. The Morgan fingerprint density at radius 3 is 2.67 bits per heavy atom. The van der Waals surface area contributed by atoms with Gasteiger partial charge in [-0.25, -0.2) is 0 Å². The SMILES string of the molecule is C[C@]12CC(=O)C[C@H]1CCCCCCC2=O. The number of carbonyl (C=O) groups excluding carboxylic acids is 2. The number of Topliss-reactive ketones (excluding diaryl/α,β-unsaturated/α-hetero) is 2. The van der Waals surface area contributed by atoms with E-state index in [9.17, 15) is 9.59 Å². The molecule has 2 atom stereocenters. The van der Waals surface area contributed by atoms with Crippen molar-refractivity contribution in [3.05, 3.63) is 0 Å². The summed E-state index contributed by atoms with van der Waals surface area (Å²) in [6, 6.07) is 0. The molecule has 84 valence electrons. The van der Waals surface area contributed by atoms with Crippen molar-refractivity contribution in [2.24, 2.45) is 11.3 Å². The summed E-state index contributed by atoms with van der Waals surface area (Å²) < 4.78 is 0. The Balaban J connectivity index is 2.20. The lowest BCUT2D eigenvalue weighted by atomic mass is 9.73. The van der Waals surface area contributed by atoms with E-state index in [1.807, 2.05) is 6.92 Å². The number of fused-ring (bicyclic) bond motifs is 1. The fourth-order valence-electron chi connectivity index (χ4n) is 3.19. The maximum Gasteiger partial charge on any atom is 0.139 e. The number of hydrogen-bond acceptors (Lipinski definition) is 2. The Bertz CT molecular complexity index is 282. The molecule has 2 heteroatoms. The van der Waals surface area contributed by atoms with Gasteiger partial charge >= 0.3 is 0 Å². The topological polar surface area (TPSA) is 34.1 Å². The van der Waals surface area contributed by atoms with Gasteiger partial charge in [-0.3, -0.25) is 9.59 Å². The molecule has 0 aromatic heterocycles. The molecule has 0 bridgehead atoms. The van der Waals surface area contributed by atoms with Crippen LogP contribution in [0.3, 0.4) is 0 Å². The van der Waals surface area contributed by atoms with Gasteiger partial charge in [0.1, 0.15) is 11.6 Å². The Hall–Kier alpha value is -0.660. The zero-order valence-corrected chi connectivity index (χ0v) is 9.55. The molecule has 0 N–H and O–H groups in total. The first-order chi connectivity index (χ1) is 7.13. The Morgan fingerprint density at radius 1 is 1.13 bits per heavy atom. The van der Waals surface area contributed by atoms with Crippen LogP contribution in [0.2, 0.25) is 0 Å². The lowest BCUT2D eigenvalue weighted by Crippen LogP contribution is -2.31. The molecule has 0 radical (unpaired) electrons. The van der Waals surface area contributed by atoms with Gasteiger partial charge in [-0.15, -0.1) is 0 Å². The van der Waals surface area contributed by atoms with Gasteiger partial charge in [-0.1, -0.05) is 26.2 Å². The predicted molar refractivity (Wildman–Crippen MR) is 58.5 cm³/mol. The molecule has 0 amide bonds. The van der Waals surface area contributed by atoms with Gasteiger partial charge < -0.3 is 0 Å². The van der Waals surface area contributed by atoms with Crippen LogP contribution in [0.25, 0.3) is 0 Å². The van der Waals surface area contributed by atoms with Crippen LogP contribution in [0.5, 0.6) is 0 Å². The third-order valence-corrected chi connectivity index (χ3v) is 4.28. The molecule has 0 spiro atoms. The van der Waals surface area contributed by atoms with Crippen LogP contribution >= 0.6 is 0 Å². The van der Waals surface area contributed by atoms with E-state index in [4.69, 9.17) is 0 Å². The molecular weight excluding hydrogens is 188 g/mol. The van der Waals surface area contributed by atoms with Crippen molar-refractivity contribution in [2.45, 2.75) is 58.3 Å². The van der Waals surface area contributed by atoms with E-state index in [0.717, 1.165) is 12.8 Å². The smallest absolute Gasteiger partial charge is 0.139 e. The minimum atomic E-state index is -0.304. The fourth-order valence-corrected chi connectivity index (χ4v) is 3.19. The molecular formula is C13H20O2. The number of ketones is 2. The molecule has 0 unspecified atom stereocenters.